The van der Waals surface area contributed by atoms with Crippen LogP contribution in [0.5, 0.6) is 0 Å². The topological polar surface area (TPSA) is 179 Å². The van der Waals surface area contributed by atoms with Crippen molar-refractivity contribution in [2.45, 2.75) is 61.4 Å². The van der Waals surface area contributed by atoms with Crippen LogP contribution in [0.15, 0.2) is 0 Å². The molecule has 142 valence electrons. The van der Waals surface area contributed by atoms with Crippen molar-refractivity contribution < 1.29 is 54.7 Å². The van der Waals surface area contributed by atoms with Crippen LogP contribution in [0.3, 0.4) is 0 Å². The van der Waals surface area contributed by atoms with Gasteiger partial charge in [0.1, 0.15) is 48.8 Å². The molecule has 2 fully saturated rings. The van der Waals surface area contributed by atoms with Gasteiger partial charge in [-0.3, -0.25) is 0 Å². The molecule has 2 saturated heterocycles. The second-order valence-corrected chi connectivity index (χ2v) is 5.80. The van der Waals surface area contributed by atoms with Gasteiger partial charge < -0.3 is 54.7 Å². The first-order valence-electron chi connectivity index (χ1n) is 7.46. The highest BCUT2D eigenvalue weighted by Gasteiger charge is 2.50. The van der Waals surface area contributed by atoms with Crippen LogP contribution in [0.1, 0.15) is 0 Å². The fourth-order valence-corrected chi connectivity index (χ4v) is 2.72. The summed E-state index contributed by atoms with van der Waals surface area (Å²) < 4.78 is 20.6. The van der Waals surface area contributed by atoms with Crippen LogP contribution in [-0.2, 0) is 18.9 Å². The van der Waals surface area contributed by atoms with Crippen LogP contribution < -0.4 is 0 Å². The molecule has 0 bridgehead atoms. The van der Waals surface area contributed by atoms with E-state index in [2.05, 4.69) is 0 Å². The quantitative estimate of drug-likeness (QED) is 0.251. The molecule has 24 heavy (non-hydrogen) atoms. The Hall–Kier alpha value is -0.440. The van der Waals surface area contributed by atoms with Crippen LogP contribution in [-0.4, -0.2) is 117 Å². The number of hydrogen-bond donors (Lipinski definition) is 7. The molecular weight excluding hydrogens is 332 g/mol. The van der Waals surface area contributed by atoms with E-state index in [0.29, 0.717) is 0 Å². The Balaban J connectivity index is 2.13. The van der Waals surface area contributed by atoms with Gasteiger partial charge in [-0.15, -0.1) is 0 Å². The van der Waals surface area contributed by atoms with E-state index in [1.54, 1.807) is 0 Å². The molecule has 2 heterocycles. The van der Waals surface area contributed by atoms with Crippen LogP contribution in [0.4, 0.5) is 0 Å². The van der Waals surface area contributed by atoms with E-state index in [4.69, 9.17) is 24.1 Å². The van der Waals surface area contributed by atoms with Crippen LogP contribution in [0, 0.1) is 0 Å². The Morgan fingerprint density at radius 3 is 2.04 bits per heavy atom. The molecule has 0 aromatic rings. The summed E-state index contributed by atoms with van der Waals surface area (Å²) in [5.74, 6) is 0. The molecule has 10 atom stereocenters. The van der Waals surface area contributed by atoms with E-state index in [1.165, 1.54) is 7.11 Å². The molecule has 0 aromatic carbocycles. The van der Waals surface area contributed by atoms with Gasteiger partial charge in [-0.2, -0.15) is 0 Å². The zero-order valence-electron chi connectivity index (χ0n) is 13.0. The lowest BCUT2D eigenvalue weighted by Crippen LogP contribution is -2.64. The maximum absolute atomic E-state index is 10.1. The van der Waals surface area contributed by atoms with Gasteiger partial charge in [0.25, 0.3) is 0 Å². The highest BCUT2D eigenvalue weighted by atomic mass is 16.7. The molecule has 2 rings (SSSR count). The van der Waals surface area contributed by atoms with Crippen molar-refractivity contribution in [1.29, 1.82) is 0 Å². The Morgan fingerprint density at radius 1 is 0.792 bits per heavy atom. The predicted octanol–water partition coefficient (Wildman–Crippen LogP) is -4.74. The highest BCUT2D eigenvalue weighted by molar-refractivity contribution is 4.93. The fourth-order valence-electron chi connectivity index (χ4n) is 2.72. The van der Waals surface area contributed by atoms with E-state index in [0.717, 1.165) is 0 Å². The largest absolute Gasteiger partial charge is 0.394 e. The molecule has 2 aliphatic rings. The molecular formula is C13H24O11. The molecule has 11 nitrogen and oxygen atoms in total. The molecule has 0 amide bonds. The molecule has 2 aliphatic heterocycles. The Bertz CT molecular complexity index is 394. The minimum atomic E-state index is -1.68. The first-order chi connectivity index (χ1) is 11.3. The maximum Gasteiger partial charge on any atom is 0.187 e. The summed E-state index contributed by atoms with van der Waals surface area (Å²) in [5, 5.41) is 67.9. The van der Waals surface area contributed by atoms with Gasteiger partial charge >= 0.3 is 0 Å². The molecule has 7 N–H and O–H groups in total. The minimum absolute atomic E-state index is 0.108. The minimum Gasteiger partial charge on any atom is -0.394 e. The number of aliphatic hydroxyl groups excluding tert-OH is 7. The van der Waals surface area contributed by atoms with Gasteiger partial charge in [0, 0.05) is 7.11 Å². The van der Waals surface area contributed by atoms with Crippen LogP contribution >= 0.6 is 0 Å². The zero-order valence-corrected chi connectivity index (χ0v) is 13.0. The fraction of sp³-hybridized carbons (Fsp3) is 1.00. The van der Waals surface area contributed by atoms with Crippen LogP contribution in [0.25, 0.3) is 0 Å². The lowest BCUT2D eigenvalue weighted by molar-refractivity contribution is -0.355. The number of methoxy groups -OCH3 is 1. The summed E-state index contributed by atoms with van der Waals surface area (Å²) in [5.41, 5.74) is 0. The molecule has 0 saturated carbocycles. The lowest BCUT2D eigenvalue weighted by Gasteiger charge is -2.45. The second-order valence-electron chi connectivity index (χ2n) is 5.80. The van der Waals surface area contributed by atoms with Gasteiger partial charge in [-0.05, 0) is 0 Å². The molecule has 4 unspecified atom stereocenters. The van der Waals surface area contributed by atoms with Crippen molar-refractivity contribution in [2.24, 2.45) is 0 Å². The normalized spacial score (nSPS) is 50.0. The second kappa shape index (κ2) is 8.29. The molecule has 11 heteroatoms. The average molecular weight is 356 g/mol. The van der Waals surface area contributed by atoms with Crippen molar-refractivity contribution in [2.75, 3.05) is 20.3 Å². The summed E-state index contributed by atoms with van der Waals surface area (Å²) in [6.07, 6.45) is -14.8. The maximum atomic E-state index is 10.1. The van der Waals surface area contributed by atoms with Gasteiger partial charge in [0.05, 0.1) is 13.2 Å². The van der Waals surface area contributed by atoms with Gasteiger partial charge in [-0.25, -0.2) is 0 Å². The van der Waals surface area contributed by atoms with Crippen molar-refractivity contribution in [1.82, 2.24) is 0 Å². The third-order valence-corrected chi connectivity index (χ3v) is 4.13. The van der Waals surface area contributed by atoms with E-state index in [1.807, 2.05) is 0 Å². The lowest BCUT2D eigenvalue weighted by atomic mass is 9.97. The van der Waals surface area contributed by atoms with Gasteiger partial charge in [0.2, 0.25) is 0 Å². The summed E-state index contributed by atoms with van der Waals surface area (Å²) in [4.78, 5) is 0. The SMILES string of the molecule is COCC1O[C@H](O)C(O)[C@H](O)[C@@H]1O[C@H]1OC(CO)[C@@H](O)[C@@H](O)C1O. The summed E-state index contributed by atoms with van der Waals surface area (Å²) in [6.45, 7) is -0.750. The highest BCUT2D eigenvalue weighted by Crippen LogP contribution is 2.28. The molecule has 0 radical (unpaired) electrons. The van der Waals surface area contributed by atoms with Crippen LogP contribution in [0.2, 0.25) is 0 Å². The first kappa shape index (κ1) is 19.9. The van der Waals surface area contributed by atoms with E-state index in [9.17, 15) is 30.6 Å². The smallest absolute Gasteiger partial charge is 0.187 e. The van der Waals surface area contributed by atoms with Gasteiger partial charge in [-0.1, -0.05) is 0 Å². The standard InChI is InChI=1S/C13H24O11/c1-21-3-5-11(8(17)9(18)12(20)22-5)24-13-10(19)7(16)6(15)4(2-14)23-13/h4-20H,2-3H2,1H3/t4?,5?,6-,7-,8+,9?,10?,11-,12+,13-/m1/s1. The average Bonchev–Trinajstić information content (AvgIpc) is 2.56. The Labute approximate surface area is 137 Å². The number of rotatable bonds is 5. The van der Waals surface area contributed by atoms with Crippen molar-refractivity contribution in [3.63, 3.8) is 0 Å². The monoisotopic (exact) mass is 356 g/mol. The third-order valence-electron chi connectivity index (χ3n) is 4.13. The number of aliphatic hydroxyl groups is 7. The summed E-state index contributed by atoms with van der Waals surface area (Å²) in [6, 6.07) is 0. The predicted molar refractivity (Wildman–Crippen MR) is 73.4 cm³/mol. The van der Waals surface area contributed by atoms with E-state index < -0.39 is 68.0 Å². The van der Waals surface area contributed by atoms with Crippen molar-refractivity contribution in [3.8, 4) is 0 Å². The Kier molecular flexibility index (Phi) is 6.87. The van der Waals surface area contributed by atoms with Crippen molar-refractivity contribution in [3.05, 3.63) is 0 Å². The van der Waals surface area contributed by atoms with Gasteiger partial charge in [0.15, 0.2) is 12.6 Å². The zero-order chi connectivity index (χ0) is 18.0. The number of hydrogen-bond acceptors (Lipinski definition) is 11. The molecule has 0 aliphatic carbocycles. The first-order valence-corrected chi connectivity index (χ1v) is 7.46. The third kappa shape index (κ3) is 3.86. The number of ether oxygens (including phenoxy) is 4. The molecule has 0 aromatic heterocycles. The van der Waals surface area contributed by atoms with E-state index >= 15 is 0 Å². The van der Waals surface area contributed by atoms with E-state index in [-0.39, 0.29) is 6.61 Å². The summed E-state index contributed by atoms with van der Waals surface area (Å²) >= 11 is 0. The van der Waals surface area contributed by atoms with Crippen molar-refractivity contribution >= 4 is 0 Å². The Morgan fingerprint density at radius 2 is 1.46 bits per heavy atom. The summed E-state index contributed by atoms with van der Waals surface area (Å²) in [7, 11) is 1.35. The molecule has 0 spiro atoms.